The molecule has 0 bridgehead atoms. The molecule has 6 nitrogen and oxygen atoms in total. The summed E-state index contributed by atoms with van der Waals surface area (Å²) >= 11 is 0. The topological polar surface area (TPSA) is 91.5 Å². The summed E-state index contributed by atoms with van der Waals surface area (Å²) in [7, 11) is 1.54. The Labute approximate surface area is 144 Å². The molecule has 1 amide bonds. The molecule has 3 aromatic rings. The Morgan fingerprint density at radius 3 is 2.52 bits per heavy atom. The highest BCUT2D eigenvalue weighted by Gasteiger charge is 2.16. The van der Waals surface area contributed by atoms with E-state index in [0.717, 1.165) is 5.56 Å². The quantitative estimate of drug-likeness (QED) is 0.723. The lowest BCUT2D eigenvalue weighted by Gasteiger charge is -2.10. The Morgan fingerprint density at radius 2 is 1.84 bits per heavy atom. The normalized spacial score (nSPS) is 10.4. The SMILES string of the molecule is COc1ccc2nc(-c3ccccc3)cc(C(=O)OCC(N)=O)c2c1. The molecule has 2 aromatic carbocycles. The highest BCUT2D eigenvalue weighted by Crippen LogP contribution is 2.28. The number of hydrogen-bond donors (Lipinski definition) is 1. The van der Waals surface area contributed by atoms with E-state index < -0.39 is 18.5 Å². The van der Waals surface area contributed by atoms with Gasteiger partial charge in [-0.2, -0.15) is 0 Å². The summed E-state index contributed by atoms with van der Waals surface area (Å²) in [5, 5.41) is 0.577. The lowest BCUT2D eigenvalue weighted by atomic mass is 10.0. The fourth-order valence-corrected chi connectivity index (χ4v) is 2.47. The molecule has 6 heteroatoms. The number of ether oxygens (including phenoxy) is 2. The molecule has 0 spiro atoms. The number of rotatable bonds is 5. The summed E-state index contributed by atoms with van der Waals surface area (Å²) in [5.41, 5.74) is 7.46. The summed E-state index contributed by atoms with van der Waals surface area (Å²) in [6.07, 6.45) is 0. The standard InChI is InChI=1S/C19H16N2O4/c1-24-13-7-8-16-14(9-13)15(19(23)25-11-18(20)22)10-17(21-16)12-5-3-2-4-6-12/h2-10H,11H2,1H3,(H2,20,22). The predicted octanol–water partition coefficient (Wildman–Crippen LogP) is 2.55. The van der Waals surface area contributed by atoms with Crippen LogP contribution in [0.3, 0.4) is 0 Å². The first-order valence-electron chi connectivity index (χ1n) is 7.58. The van der Waals surface area contributed by atoms with Gasteiger partial charge in [-0.3, -0.25) is 4.79 Å². The average molecular weight is 336 g/mol. The molecule has 0 unspecified atom stereocenters. The highest BCUT2D eigenvalue weighted by molar-refractivity contribution is 6.05. The smallest absolute Gasteiger partial charge is 0.339 e. The molecule has 25 heavy (non-hydrogen) atoms. The van der Waals surface area contributed by atoms with Crippen molar-refractivity contribution in [1.29, 1.82) is 0 Å². The Kier molecular flexibility index (Phi) is 4.61. The van der Waals surface area contributed by atoms with E-state index in [0.29, 0.717) is 27.9 Å². The number of methoxy groups -OCH3 is 1. The number of amides is 1. The third-order valence-electron chi connectivity index (χ3n) is 3.65. The van der Waals surface area contributed by atoms with Gasteiger partial charge in [0.15, 0.2) is 6.61 Å². The van der Waals surface area contributed by atoms with Crippen molar-refractivity contribution in [2.75, 3.05) is 13.7 Å². The van der Waals surface area contributed by atoms with Gasteiger partial charge in [-0.25, -0.2) is 9.78 Å². The molecule has 0 aliphatic heterocycles. The molecule has 0 aliphatic rings. The first-order valence-corrected chi connectivity index (χ1v) is 7.58. The van der Waals surface area contributed by atoms with Gasteiger partial charge < -0.3 is 15.2 Å². The number of benzene rings is 2. The Balaban J connectivity index is 2.15. The Morgan fingerprint density at radius 1 is 1.08 bits per heavy atom. The minimum atomic E-state index is -0.715. The largest absolute Gasteiger partial charge is 0.497 e. The highest BCUT2D eigenvalue weighted by atomic mass is 16.5. The van der Waals surface area contributed by atoms with E-state index in [1.165, 1.54) is 7.11 Å². The number of aromatic nitrogens is 1. The lowest BCUT2D eigenvalue weighted by Crippen LogP contribution is -2.21. The minimum absolute atomic E-state index is 0.295. The summed E-state index contributed by atoms with van der Waals surface area (Å²) in [4.78, 5) is 28.0. The average Bonchev–Trinajstić information content (AvgIpc) is 2.65. The zero-order valence-electron chi connectivity index (χ0n) is 13.6. The molecule has 0 saturated carbocycles. The van der Waals surface area contributed by atoms with E-state index in [2.05, 4.69) is 4.98 Å². The van der Waals surface area contributed by atoms with Crippen molar-refractivity contribution >= 4 is 22.8 Å². The van der Waals surface area contributed by atoms with Crippen molar-refractivity contribution in [3.05, 3.63) is 60.2 Å². The second-order valence-corrected chi connectivity index (χ2v) is 5.35. The third-order valence-corrected chi connectivity index (χ3v) is 3.65. The molecule has 1 aromatic heterocycles. The van der Waals surface area contributed by atoms with E-state index >= 15 is 0 Å². The number of primary amides is 1. The third kappa shape index (κ3) is 3.58. The molecular weight excluding hydrogens is 320 g/mol. The second-order valence-electron chi connectivity index (χ2n) is 5.35. The molecule has 0 fully saturated rings. The van der Waals surface area contributed by atoms with Crippen molar-refractivity contribution in [3.8, 4) is 17.0 Å². The van der Waals surface area contributed by atoms with Crippen LogP contribution in [-0.2, 0) is 9.53 Å². The molecule has 1 heterocycles. The molecular formula is C19H16N2O4. The van der Waals surface area contributed by atoms with Crippen LogP contribution < -0.4 is 10.5 Å². The van der Waals surface area contributed by atoms with Crippen LogP contribution in [0.2, 0.25) is 0 Å². The Hall–Kier alpha value is -3.41. The monoisotopic (exact) mass is 336 g/mol. The predicted molar refractivity (Wildman–Crippen MR) is 93.2 cm³/mol. The number of nitrogens with zero attached hydrogens (tertiary/aromatic N) is 1. The maximum atomic E-state index is 12.4. The molecule has 0 aliphatic carbocycles. The van der Waals surface area contributed by atoms with Crippen LogP contribution in [0.4, 0.5) is 0 Å². The summed E-state index contributed by atoms with van der Waals surface area (Å²) in [6, 6.07) is 16.4. The molecule has 2 N–H and O–H groups in total. The van der Waals surface area contributed by atoms with E-state index in [1.54, 1.807) is 24.3 Å². The van der Waals surface area contributed by atoms with Gasteiger partial charge >= 0.3 is 5.97 Å². The molecule has 0 atom stereocenters. The van der Waals surface area contributed by atoms with E-state index in [9.17, 15) is 9.59 Å². The molecule has 126 valence electrons. The number of carbonyl (C=O) groups is 2. The first-order chi connectivity index (χ1) is 12.1. The van der Waals surface area contributed by atoms with Crippen LogP contribution in [0, 0.1) is 0 Å². The second kappa shape index (κ2) is 7.00. The van der Waals surface area contributed by atoms with E-state index in [4.69, 9.17) is 15.2 Å². The van der Waals surface area contributed by atoms with Crippen LogP contribution in [0.5, 0.6) is 5.75 Å². The molecule has 0 radical (unpaired) electrons. The van der Waals surface area contributed by atoms with Crippen LogP contribution >= 0.6 is 0 Å². The van der Waals surface area contributed by atoms with Gasteiger partial charge in [0, 0.05) is 10.9 Å². The van der Waals surface area contributed by atoms with Crippen LogP contribution in [-0.4, -0.2) is 30.6 Å². The molecule has 0 saturated heterocycles. The van der Waals surface area contributed by atoms with Crippen LogP contribution in [0.15, 0.2) is 54.6 Å². The minimum Gasteiger partial charge on any atom is -0.497 e. The van der Waals surface area contributed by atoms with Crippen molar-refractivity contribution in [1.82, 2.24) is 4.98 Å². The van der Waals surface area contributed by atoms with Crippen molar-refractivity contribution in [2.45, 2.75) is 0 Å². The van der Waals surface area contributed by atoms with E-state index in [-0.39, 0.29) is 0 Å². The first kappa shape index (κ1) is 16.4. The van der Waals surface area contributed by atoms with Gasteiger partial charge in [0.1, 0.15) is 5.75 Å². The van der Waals surface area contributed by atoms with Crippen molar-refractivity contribution in [3.63, 3.8) is 0 Å². The lowest BCUT2D eigenvalue weighted by molar-refractivity contribution is -0.121. The zero-order chi connectivity index (χ0) is 17.8. The number of esters is 1. The summed E-state index contributed by atoms with van der Waals surface area (Å²) in [6.45, 7) is -0.479. The summed E-state index contributed by atoms with van der Waals surface area (Å²) in [5.74, 6) is -0.769. The van der Waals surface area contributed by atoms with Gasteiger partial charge in [-0.1, -0.05) is 30.3 Å². The van der Waals surface area contributed by atoms with Gasteiger partial charge in [0.2, 0.25) is 0 Å². The van der Waals surface area contributed by atoms with Gasteiger partial charge in [0.05, 0.1) is 23.9 Å². The van der Waals surface area contributed by atoms with Crippen molar-refractivity contribution < 1.29 is 19.1 Å². The molecule has 3 rings (SSSR count). The van der Waals surface area contributed by atoms with Crippen LogP contribution in [0.25, 0.3) is 22.2 Å². The fraction of sp³-hybridized carbons (Fsp3) is 0.105. The van der Waals surface area contributed by atoms with E-state index in [1.807, 2.05) is 30.3 Å². The Bertz CT molecular complexity index is 939. The van der Waals surface area contributed by atoms with Gasteiger partial charge in [0.25, 0.3) is 5.91 Å². The number of fused-ring (bicyclic) bond motifs is 1. The van der Waals surface area contributed by atoms with Crippen LogP contribution in [0.1, 0.15) is 10.4 Å². The number of hydrogen-bond acceptors (Lipinski definition) is 5. The van der Waals surface area contributed by atoms with Gasteiger partial charge in [-0.05, 0) is 24.3 Å². The number of carbonyl (C=O) groups excluding carboxylic acids is 2. The summed E-state index contributed by atoms with van der Waals surface area (Å²) < 4.78 is 10.2. The van der Waals surface area contributed by atoms with Gasteiger partial charge in [-0.15, -0.1) is 0 Å². The number of nitrogens with two attached hydrogens (primary N) is 1. The zero-order valence-corrected chi connectivity index (χ0v) is 13.6. The maximum Gasteiger partial charge on any atom is 0.339 e. The maximum absolute atomic E-state index is 12.4. The fourth-order valence-electron chi connectivity index (χ4n) is 2.47. The van der Waals surface area contributed by atoms with Crippen molar-refractivity contribution in [2.24, 2.45) is 5.73 Å². The number of pyridine rings is 1.